The van der Waals surface area contributed by atoms with Gasteiger partial charge in [-0.2, -0.15) is 0 Å². The van der Waals surface area contributed by atoms with E-state index in [1.54, 1.807) is 0 Å². The molecular weight excluding hydrogens is 176 g/mol. The molecule has 1 aliphatic heterocycles. The molecule has 0 aliphatic carbocycles. The maximum atomic E-state index is 5.89. The molecule has 0 aromatic heterocycles. The highest BCUT2D eigenvalue weighted by Gasteiger charge is 2.24. The molecule has 0 bridgehead atoms. The van der Waals surface area contributed by atoms with Crippen molar-refractivity contribution in [3.63, 3.8) is 0 Å². The second kappa shape index (κ2) is 5.69. The molecule has 0 saturated carbocycles. The molecule has 0 aromatic carbocycles. The van der Waals surface area contributed by atoms with Gasteiger partial charge in [-0.15, -0.1) is 0 Å². The first-order valence-corrected chi connectivity index (χ1v) is 5.65. The molecule has 3 nitrogen and oxygen atoms in total. The molecule has 1 saturated heterocycles. The van der Waals surface area contributed by atoms with E-state index in [1.807, 2.05) is 0 Å². The smallest absolute Gasteiger partial charge is 0.0621 e. The van der Waals surface area contributed by atoms with Crippen LogP contribution >= 0.6 is 0 Å². The van der Waals surface area contributed by atoms with Crippen molar-refractivity contribution in [1.29, 1.82) is 0 Å². The highest BCUT2D eigenvalue weighted by Crippen LogP contribution is 2.11. The van der Waals surface area contributed by atoms with E-state index in [1.165, 1.54) is 0 Å². The zero-order valence-corrected chi connectivity index (χ0v) is 9.62. The van der Waals surface area contributed by atoms with Crippen LogP contribution in [0.15, 0.2) is 0 Å². The summed E-state index contributed by atoms with van der Waals surface area (Å²) in [5.41, 5.74) is 5.89. The molecule has 1 fully saturated rings. The van der Waals surface area contributed by atoms with Gasteiger partial charge in [0.25, 0.3) is 0 Å². The summed E-state index contributed by atoms with van der Waals surface area (Å²) in [7, 11) is 0. The van der Waals surface area contributed by atoms with Gasteiger partial charge in [0.1, 0.15) is 0 Å². The van der Waals surface area contributed by atoms with Crippen molar-refractivity contribution < 1.29 is 4.74 Å². The quantitative estimate of drug-likeness (QED) is 0.691. The third-order valence-corrected chi connectivity index (χ3v) is 3.26. The topological polar surface area (TPSA) is 47.3 Å². The Bertz CT molecular complexity index is 161. The predicted molar refractivity (Wildman–Crippen MR) is 59.2 cm³/mol. The van der Waals surface area contributed by atoms with Gasteiger partial charge >= 0.3 is 0 Å². The molecular formula is C11H24N2O. The standard InChI is InChI=1S/C11H24N2O/c1-8(2)9(3)4-13-5-10-6-14-7-11(10)12/h8-11,13H,4-7,12H2,1-3H3. The average Bonchev–Trinajstić information content (AvgIpc) is 2.51. The van der Waals surface area contributed by atoms with Crippen molar-refractivity contribution in [3.8, 4) is 0 Å². The Labute approximate surface area is 87.4 Å². The molecule has 0 aromatic rings. The molecule has 3 atom stereocenters. The summed E-state index contributed by atoms with van der Waals surface area (Å²) in [4.78, 5) is 0. The fourth-order valence-electron chi connectivity index (χ4n) is 1.56. The minimum Gasteiger partial charge on any atom is -0.379 e. The van der Waals surface area contributed by atoms with E-state index in [2.05, 4.69) is 26.1 Å². The molecule has 3 unspecified atom stereocenters. The molecule has 0 amide bonds. The second-order valence-corrected chi connectivity index (χ2v) is 4.84. The summed E-state index contributed by atoms with van der Waals surface area (Å²) in [6.45, 7) is 10.4. The van der Waals surface area contributed by atoms with Crippen LogP contribution in [0.2, 0.25) is 0 Å². The lowest BCUT2D eigenvalue weighted by atomic mass is 9.97. The van der Waals surface area contributed by atoms with Crippen LogP contribution in [0, 0.1) is 17.8 Å². The third-order valence-electron chi connectivity index (χ3n) is 3.26. The Morgan fingerprint density at radius 1 is 1.36 bits per heavy atom. The van der Waals surface area contributed by atoms with Crippen molar-refractivity contribution >= 4 is 0 Å². The van der Waals surface area contributed by atoms with Crippen LogP contribution in [0.3, 0.4) is 0 Å². The van der Waals surface area contributed by atoms with Crippen LogP contribution in [0.1, 0.15) is 20.8 Å². The minimum absolute atomic E-state index is 0.233. The zero-order chi connectivity index (χ0) is 10.6. The first kappa shape index (κ1) is 12.0. The van der Waals surface area contributed by atoms with Gasteiger partial charge in [0, 0.05) is 18.5 Å². The lowest BCUT2D eigenvalue weighted by Crippen LogP contribution is -2.37. The Hall–Kier alpha value is -0.120. The number of nitrogens with two attached hydrogens (primary N) is 1. The van der Waals surface area contributed by atoms with E-state index in [0.717, 1.165) is 38.1 Å². The molecule has 14 heavy (non-hydrogen) atoms. The third kappa shape index (κ3) is 3.56. The van der Waals surface area contributed by atoms with Crippen LogP contribution in [-0.4, -0.2) is 32.3 Å². The van der Waals surface area contributed by atoms with Crippen LogP contribution in [0.25, 0.3) is 0 Å². The van der Waals surface area contributed by atoms with E-state index in [0.29, 0.717) is 5.92 Å². The zero-order valence-electron chi connectivity index (χ0n) is 9.62. The first-order chi connectivity index (χ1) is 6.61. The van der Waals surface area contributed by atoms with Crippen LogP contribution in [0.5, 0.6) is 0 Å². The summed E-state index contributed by atoms with van der Waals surface area (Å²) < 4.78 is 5.31. The fraction of sp³-hybridized carbons (Fsp3) is 1.00. The average molecular weight is 200 g/mol. The molecule has 0 spiro atoms. The largest absolute Gasteiger partial charge is 0.379 e. The first-order valence-electron chi connectivity index (χ1n) is 5.65. The van der Waals surface area contributed by atoms with E-state index in [-0.39, 0.29) is 6.04 Å². The monoisotopic (exact) mass is 200 g/mol. The fourth-order valence-corrected chi connectivity index (χ4v) is 1.56. The van der Waals surface area contributed by atoms with Gasteiger partial charge in [-0.25, -0.2) is 0 Å². The summed E-state index contributed by atoms with van der Waals surface area (Å²) in [6.07, 6.45) is 0. The molecule has 3 N–H and O–H groups in total. The Balaban J connectivity index is 2.09. The molecule has 3 heteroatoms. The lowest BCUT2D eigenvalue weighted by molar-refractivity contribution is 0.183. The molecule has 84 valence electrons. The van der Waals surface area contributed by atoms with Gasteiger partial charge in [0.05, 0.1) is 13.2 Å². The Kier molecular flexibility index (Phi) is 4.85. The SMILES string of the molecule is CC(C)C(C)CNCC1COCC1N. The van der Waals surface area contributed by atoms with Crippen LogP contribution < -0.4 is 11.1 Å². The number of ether oxygens (including phenoxy) is 1. The highest BCUT2D eigenvalue weighted by atomic mass is 16.5. The number of rotatable bonds is 5. The van der Waals surface area contributed by atoms with Gasteiger partial charge in [0.15, 0.2) is 0 Å². The van der Waals surface area contributed by atoms with Gasteiger partial charge in [-0.05, 0) is 18.4 Å². The normalized spacial score (nSPS) is 29.8. The van der Waals surface area contributed by atoms with Gasteiger partial charge in [0.2, 0.25) is 0 Å². The van der Waals surface area contributed by atoms with E-state index in [9.17, 15) is 0 Å². The van der Waals surface area contributed by atoms with Crippen molar-refractivity contribution in [2.75, 3.05) is 26.3 Å². The molecule has 1 aliphatic rings. The minimum atomic E-state index is 0.233. The van der Waals surface area contributed by atoms with E-state index in [4.69, 9.17) is 10.5 Å². The Morgan fingerprint density at radius 3 is 2.57 bits per heavy atom. The van der Waals surface area contributed by atoms with Crippen molar-refractivity contribution in [3.05, 3.63) is 0 Å². The summed E-state index contributed by atoms with van der Waals surface area (Å²) in [5, 5.41) is 3.48. The van der Waals surface area contributed by atoms with Crippen LogP contribution in [0.4, 0.5) is 0 Å². The lowest BCUT2D eigenvalue weighted by Gasteiger charge is -2.19. The second-order valence-electron chi connectivity index (χ2n) is 4.84. The highest BCUT2D eigenvalue weighted by molar-refractivity contribution is 4.79. The number of hydrogen-bond acceptors (Lipinski definition) is 3. The maximum absolute atomic E-state index is 5.89. The van der Waals surface area contributed by atoms with Crippen molar-refractivity contribution in [1.82, 2.24) is 5.32 Å². The van der Waals surface area contributed by atoms with Crippen LogP contribution in [-0.2, 0) is 4.74 Å². The van der Waals surface area contributed by atoms with Gasteiger partial charge in [-0.1, -0.05) is 20.8 Å². The van der Waals surface area contributed by atoms with Gasteiger partial charge in [-0.3, -0.25) is 0 Å². The molecule has 0 radical (unpaired) electrons. The van der Waals surface area contributed by atoms with E-state index < -0.39 is 0 Å². The summed E-state index contributed by atoms with van der Waals surface area (Å²) in [5.74, 6) is 1.99. The molecule has 1 heterocycles. The number of hydrogen-bond donors (Lipinski definition) is 2. The van der Waals surface area contributed by atoms with E-state index >= 15 is 0 Å². The summed E-state index contributed by atoms with van der Waals surface area (Å²) in [6, 6.07) is 0.233. The summed E-state index contributed by atoms with van der Waals surface area (Å²) >= 11 is 0. The molecule has 1 rings (SSSR count). The number of nitrogens with one attached hydrogen (secondary N) is 1. The predicted octanol–water partition coefficient (Wildman–Crippen LogP) is 0.842. The Morgan fingerprint density at radius 2 is 2.07 bits per heavy atom. The van der Waals surface area contributed by atoms with Crippen molar-refractivity contribution in [2.45, 2.75) is 26.8 Å². The van der Waals surface area contributed by atoms with Crippen molar-refractivity contribution in [2.24, 2.45) is 23.5 Å². The maximum Gasteiger partial charge on any atom is 0.0621 e. The van der Waals surface area contributed by atoms with Gasteiger partial charge < -0.3 is 15.8 Å².